The van der Waals surface area contributed by atoms with Crippen molar-refractivity contribution in [2.24, 2.45) is 7.05 Å². The Labute approximate surface area is 251 Å². The number of rotatable bonds is 8. The van der Waals surface area contributed by atoms with Crippen molar-refractivity contribution in [3.05, 3.63) is 69.3 Å². The number of aromatic amines is 1. The van der Waals surface area contributed by atoms with Crippen LogP contribution in [0.2, 0.25) is 0 Å². The Hall–Kier alpha value is -4.46. The molecule has 3 aromatic heterocycles. The zero-order valence-electron chi connectivity index (χ0n) is 26.1. The van der Waals surface area contributed by atoms with Gasteiger partial charge in [0.25, 0.3) is 0 Å². The number of fused-ring (bicyclic) bond motifs is 8. The van der Waals surface area contributed by atoms with Gasteiger partial charge in [0.1, 0.15) is 0 Å². The third-order valence-corrected chi connectivity index (χ3v) is 9.09. The number of hydrogen-bond acceptors (Lipinski definition) is 4. The van der Waals surface area contributed by atoms with Crippen molar-refractivity contribution in [1.82, 2.24) is 19.5 Å². The smallest absolute Gasteiger partial charge is 0.303 e. The van der Waals surface area contributed by atoms with Crippen molar-refractivity contribution >= 4 is 56.3 Å². The number of aryl methyl sites for hydroxylation is 5. The van der Waals surface area contributed by atoms with Crippen molar-refractivity contribution in [2.45, 2.75) is 80.1 Å². The van der Waals surface area contributed by atoms with Crippen molar-refractivity contribution in [1.29, 1.82) is 0 Å². The normalized spacial score (nSPS) is 13.3. The summed E-state index contributed by atoms with van der Waals surface area (Å²) in [6.45, 7) is 12.6. The van der Waals surface area contributed by atoms with Crippen molar-refractivity contribution in [2.75, 3.05) is 0 Å². The van der Waals surface area contributed by atoms with Gasteiger partial charge in [-0.25, -0.2) is 9.97 Å². The summed E-state index contributed by atoms with van der Waals surface area (Å²) in [6.07, 6.45) is 2.40. The van der Waals surface area contributed by atoms with E-state index in [2.05, 4.69) is 56.4 Å². The Kier molecular flexibility index (Phi) is 8.14. The summed E-state index contributed by atoms with van der Waals surface area (Å²) in [5.74, 6) is -1.72. The molecule has 0 saturated carbocycles. The maximum absolute atomic E-state index is 11.6. The van der Waals surface area contributed by atoms with Crippen LogP contribution in [0, 0.1) is 13.8 Å². The Morgan fingerprint density at radius 3 is 1.93 bits per heavy atom. The Morgan fingerprint density at radius 2 is 1.30 bits per heavy atom. The Morgan fingerprint density at radius 1 is 0.698 bits per heavy atom. The molecule has 0 fully saturated rings. The predicted molar refractivity (Wildman–Crippen MR) is 173 cm³/mol. The minimum atomic E-state index is -0.865. The van der Waals surface area contributed by atoms with Crippen LogP contribution in [0.1, 0.15) is 98.4 Å². The lowest BCUT2D eigenvalue weighted by molar-refractivity contribution is -0.137. The van der Waals surface area contributed by atoms with Crippen LogP contribution in [-0.4, -0.2) is 41.7 Å². The fourth-order valence-corrected chi connectivity index (χ4v) is 6.57. The minimum Gasteiger partial charge on any atom is -0.481 e. The SMILES string of the molecule is CCC1=C(C)c2cc3c(CC)c(C)c(cc4[nH]c(cc5nc(cc1n2)C(C)=C5CCC(=O)O)c(CCC(=O)O)c4C)n3C. The topological polar surface area (TPSA) is 121 Å². The molecule has 0 saturated heterocycles. The second-order valence-corrected chi connectivity index (χ2v) is 11.5. The van der Waals surface area contributed by atoms with Gasteiger partial charge >= 0.3 is 11.9 Å². The van der Waals surface area contributed by atoms with E-state index in [0.717, 1.165) is 79.8 Å². The molecule has 8 nitrogen and oxygen atoms in total. The number of carboxylic acids is 2. The molecule has 0 unspecified atom stereocenters. The predicted octanol–water partition coefficient (Wildman–Crippen LogP) is 7.66. The largest absolute Gasteiger partial charge is 0.481 e. The highest BCUT2D eigenvalue weighted by Gasteiger charge is 2.22. The minimum absolute atomic E-state index is 0.00350. The maximum atomic E-state index is 11.6. The molecule has 5 rings (SSSR count). The molecule has 3 aromatic rings. The molecule has 0 spiro atoms. The molecule has 0 radical (unpaired) electrons. The molecule has 8 bridgehead atoms. The zero-order chi connectivity index (χ0) is 31.2. The Balaban J connectivity index is 1.96. The molecule has 43 heavy (non-hydrogen) atoms. The van der Waals surface area contributed by atoms with Gasteiger partial charge in [-0.2, -0.15) is 0 Å². The second-order valence-electron chi connectivity index (χ2n) is 11.5. The van der Waals surface area contributed by atoms with Crippen molar-refractivity contribution in [3.63, 3.8) is 0 Å². The summed E-state index contributed by atoms with van der Waals surface area (Å²) < 4.78 is 2.22. The van der Waals surface area contributed by atoms with Crippen LogP contribution >= 0.6 is 0 Å². The summed E-state index contributed by atoms with van der Waals surface area (Å²) in [5, 5.41) is 19.0. The summed E-state index contributed by atoms with van der Waals surface area (Å²) in [4.78, 5) is 36.9. The Bertz CT molecular complexity index is 1900. The number of nitrogens with zero attached hydrogens (tertiary/aromatic N) is 3. The first kappa shape index (κ1) is 30.0. The summed E-state index contributed by atoms with van der Waals surface area (Å²) in [5.41, 5.74) is 15.7. The van der Waals surface area contributed by atoms with Crippen molar-refractivity contribution < 1.29 is 19.8 Å². The van der Waals surface area contributed by atoms with Gasteiger partial charge in [-0.3, -0.25) is 9.59 Å². The highest BCUT2D eigenvalue weighted by Crippen LogP contribution is 2.37. The molecule has 3 N–H and O–H groups in total. The van der Waals surface area contributed by atoms with E-state index in [-0.39, 0.29) is 12.8 Å². The molecule has 2 aliphatic heterocycles. The lowest BCUT2D eigenvalue weighted by atomic mass is 9.99. The molecule has 0 atom stereocenters. The van der Waals surface area contributed by atoms with Gasteiger partial charge in [-0.1, -0.05) is 13.8 Å². The van der Waals surface area contributed by atoms with Crippen LogP contribution in [0.3, 0.4) is 0 Å². The van der Waals surface area contributed by atoms with E-state index < -0.39 is 11.9 Å². The fourth-order valence-electron chi connectivity index (χ4n) is 6.57. The van der Waals surface area contributed by atoms with E-state index in [1.54, 1.807) is 0 Å². The third-order valence-electron chi connectivity index (χ3n) is 9.09. The average molecular weight is 581 g/mol. The lowest BCUT2D eigenvalue weighted by Crippen LogP contribution is -1.98. The number of nitrogens with one attached hydrogen (secondary N) is 1. The number of H-pyrrole nitrogens is 1. The van der Waals surface area contributed by atoms with Gasteiger partial charge in [0.2, 0.25) is 0 Å². The first-order chi connectivity index (χ1) is 20.4. The molecule has 0 aromatic carbocycles. The van der Waals surface area contributed by atoms with Gasteiger partial charge in [0.15, 0.2) is 0 Å². The quantitative estimate of drug-likeness (QED) is 0.252. The first-order valence-electron chi connectivity index (χ1n) is 15.0. The fraction of sp³-hybridized carbons (Fsp3) is 0.371. The highest BCUT2D eigenvalue weighted by molar-refractivity contribution is 5.96. The molecular formula is C35H40N4O4. The maximum Gasteiger partial charge on any atom is 0.303 e. The molecule has 2 aliphatic rings. The van der Waals surface area contributed by atoms with E-state index >= 15 is 0 Å². The van der Waals surface area contributed by atoms with E-state index in [0.29, 0.717) is 18.5 Å². The number of allylic oxidation sites excluding steroid dienone is 4. The van der Waals surface area contributed by atoms with Crippen LogP contribution in [0.25, 0.3) is 44.4 Å². The number of aliphatic carboxylic acids is 2. The third kappa shape index (κ3) is 5.42. The van der Waals surface area contributed by atoms with Crippen molar-refractivity contribution in [3.8, 4) is 0 Å². The number of aromatic nitrogens is 4. The van der Waals surface area contributed by atoms with Crippen LogP contribution in [0.15, 0.2) is 24.3 Å². The molecular weight excluding hydrogens is 540 g/mol. The summed E-state index contributed by atoms with van der Waals surface area (Å²) >= 11 is 0. The summed E-state index contributed by atoms with van der Waals surface area (Å²) in [6, 6.07) is 8.32. The zero-order valence-corrected chi connectivity index (χ0v) is 26.1. The molecule has 0 amide bonds. The lowest BCUT2D eigenvalue weighted by Gasteiger charge is -2.03. The molecule has 0 aliphatic carbocycles. The summed E-state index contributed by atoms with van der Waals surface area (Å²) in [7, 11) is 2.09. The van der Waals surface area contributed by atoms with Gasteiger partial charge < -0.3 is 19.8 Å². The van der Waals surface area contributed by atoms with Gasteiger partial charge in [-0.05, 0) is 122 Å². The van der Waals surface area contributed by atoms with Gasteiger partial charge in [-0.15, -0.1) is 0 Å². The number of carbonyl (C=O) groups is 2. The van der Waals surface area contributed by atoms with Gasteiger partial charge in [0, 0.05) is 42.0 Å². The van der Waals surface area contributed by atoms with E-state index in [1.165, 1.54) is 16.7 Å². The molecule has 5 heterocycles. The molecule has 8 heteroatoms. The van der Waals surface area contributed by atoms with Gasteiger partial charge in [0.05, 0.1) is 22.8 Å². The van der Waals surface area contributed by atoms with E-state index in [4.69, 9.17) is 9.97 Å². The average Bonchev–Trinajstić information content (AvgIpc) is 3.59. The monoisotopic (exact) mass is 580 g/mol. The van der Waals surface area contributed by atoms with E-state index in [1.807, 2.05) is 26.0 Å². The second kappa shape index (κ2) is 11.7. The highest BCUT2D eigenvalue weighted by atomic mass is 16.4. The number of carboxylic acid groups (broad SMARTS) is 2. The van der Waals surface area contributed by atoms with E-state index in [9.17, 15) is 19.8 Å². The van der Waals surface area contributed by atoms with Crippen LogP contribution in [0.4, 0.5) is 0 Å². The van der Waals surface area contributed by atoms with Crippen LogP contribution in [0.5, 0.6) is 0 Å². The standard InChI is InChI=1S/C35H40N4O4/c1-8-22-18(3)28-17-33-23(9-2)21(6)32(39(33)7)16-27-20(5)25(11-13-35(42)43)31(38-27)15-30-24(10-12-34(40)41)19(4)26(36-30)14-29(22)37-28/h14-17,38H,8-13H2,1-7H3,(H,40,41)(H,42,43). The van der Waals surface area contributed by atoms with Crippen LogP contribution < -0.4 is 0 Å². The first-order valence-corrected chi connectivity index (χ1v) is 15.0. The molecule has 224 valence electrons. The van der Waals surface area contributed by atoms with Crippen LogP contribution in [-0.2, 0) is 29.5 Å². The number of hydrogen-bond donors (Lipinski definition) is 3.